The maximum Gasteiger partial charge on any atom is 0.123 e. The van der Waals surface area contributed by atoms with Crippen LogP contribution >= 0.6 is 0 Å². The molecule has 1 aliphatic heterocycles. The standard InChI is InChI=1S/C12H13FO/c13-10-4-6-12-9(7-10)3-5-11(14-12)8-1-2-8/h4,6-8,11H,1-3,5H2/t11-/m1/s1. The van der Waals surface area contributed by atoms with Gasteiger partial charge in [-0.3, -0.25) is 0 Å². The van der Waals surface area contributed by atoms with Crippen LogP contribution in [0.15, 0.2) is 18.2 Å². The molecule has 1 fully saturated rings. The van der Waals surface area contributed by atoms with Crippen LogP contribution in [0.4, 0.5) is 4.39 Å². The molecule has 1 nitrogen and oxygen atoms in total. The van der Waals surface area contributed by atoms with Crippen molar-refractivity contribution in [2.45, 2.75) is 31.8 Å². The van der Waals surface area contributed by atoms with Gasteiger partial charge >= 0.3 is 0 Å². The Labute approximate surface area is 82.9 Å². The minimum Gasteiger partial charge on any atom is -0.490 e. The number of benzene rings is 1. The zero-order chi connectivity index (χ0) is 9.54. The molecule has 2 heteroatoms. The average molecular weight is 192 g/mol. The zero-order valence-corrected chi connectivity index (χ0v) is 8.00. The Morgan fingerprint density at radius 2 is 2.07 bits per heavy atom. The summed E-state index contributed by atoms with van der Waals surface area (Å²) >= 11 is 0. The van der Waals surface area contributed by atoms with Crippen molar-refractivity contribution in [3.05, 3.63) is 29.6 Å². The first-order chi connectivity index (χ1) is 6.83. The van der Waals surface area contributed by atoms with E-state index in [2.05, 4.69) is 0 Å². The summed E-state index contributed by atoms with van der Waals surface area (Å²) in [4.78, 5) is 0. The van der Waals surface area contributed by atoms with Crippen molar-refractivity contribution in [1.82, 2.24) is 0 Å². The van der Waals surface area contributed by atoms with Gasteiger partial charge in [0.15, 0.2) is 0 Å². The Morgan fingerprint density at radius 3 is 2.86 bits per heavy atom. The second kappa shape index (κ2) is 2.97. The summed E-state index contributed by atoms with van der Waals surface area (Å²) in [7, 11) is 0. The van der Waals surface area contributed by atoms with Gasteiger partial charge in [0.25, 0.3) is 0 Å². The van der Waals surface area contributed by atoms with Crippen LogP contribution in [0.1, 0.15) is 24.8 Å². The van der Waals surface area contributed by atoms with Crippen LogP contribution in [-0.4, -0.2) is 6.10 Å². The first kappa shape index (κ1) is 8.27. The molecule has 1 saturated carbocycles. The smallest absolute Gasteiger partial charge is 0.123 e. The normalized spacial score (nSPS) is 25.4. The Morgan fingerprint density at radius 1 is 1.21 bits per heavy atom. The Balaban J connectivity index is 1.86. The second-order valence-corrected chi connectivity index (χ2v) is 4.28. The summed E-state index contributed by atoms with van der Waals surface area (Å²) in [6.45, 7) is 0. The van der Waals surface area contributed by atoms with Crippen molar-refractivity contribution in [3.8, 4) is 5.75 Å². The quantitative estimate of drug-likeness (QED) is 0.664. The highest BCUT2D eigenvalue weighted by Crippen LogP contribution is 2.40. The van der Waals surface area contributed by atoms with Crippen molar-refractivity contribution in [2.24, 2.45) is 5.92 Å². The first-order valence-electron chi connectivity index (χ1n) is 5.28. The van der Waals surface area contributed by atoms with E-state index >= 15 is 0 Å². The summed E-state index contributed by atoms with van der Waals surface area (Å²) in [6, 6.07) is 4.84. The monoisotopic (exact) mass is 192 g/mol. The maximum absolute atomic E-state index is 12.9. The predicted molar refractivity (Wildman–Crippen MR) is 51.9 cm³/mol. The molecule has 0 saturated heterocycles. The number of hydrogen-bond acceptors (Lipinski definition) is 1. The van der Waals surface area contributed by atoms with Gasteiger partial charge in [0.05, 0.1) is 0 Å². The number of ether oxygens (including phenoxy) is 1. The van der Waals surface area contributed by atoms with E-state index in [0.717, 1.165) is 30.1 Å². The lowest BCUT2D eigenvalue weighted by Crippen LogP contribution is -2.24. The molecule has 2 aliphatic rings. The molecule has 1 aliphatic carbocycles. The van der Waals surface area contributed by atoms with Crippen LogP contribution in [-0.2, 0) is 6.42 Å². The third-order valence-corrected chi connectivity index (χ3v) is 3.15. The summed E-state index contributed by atoms with van der Waals surface area (Å²) in [6.07, 6.45) is 5.03. The minimum absolute atomic E-state index is 0.155. The number of aryl methyl sites for hydroxylation is 1. The van der Waals surface area contributed by atoms with Crippen molar-refractivity contribution < 1.29 is 9.13 Å². The van der Waals surface area contributed by atoms with Gasteiger partial charge in [0.1, 0.15) is 17.7 Å². The lowest BCUT2D eigenvalue weighted by atomic mass is 10.00. The molecular weight excluding hydrogens is 179 g/mol. The molecule has 0 unspecified atom stereocenters. The fourth-order valence-corrected chi connectivity index (χ4v) is 2.18. The van der Waals surface area contributed by atoms with Gasteiger partial charge in [-0.05, 0) is 55.4 Å². The molecule has 1 aromatic rings. The molecule has 14 heavy (non-hydrogen) atoms. The molecule has 0 aromatic heterocycles. The molecule has 74 valence electrons. The molecule has 1 atom stereocenters. The minimum atomic E-state index is -0.155. The first-order valence-corrected chi connectivity index (χ1v) is 5.28. The third kappa shape index (κ3) is 1.39. The van der Waals surface area contributed by atoms with Crippen molar-refractivity contribution in [2.75, 3.05) is 0 Å². The molecule has 0 bridgehead atoms. The van der Waals surface area contributed by atoms with E-state index in [1.807, 2.05) is 0 Å². The molecular formula is C12H13FO. The highest BCUT2D eigenvalue weighted by Gasteiger charge is 2.34. The topological polar surface area (TPSA) is 9.23 Å². The fraction of sp³-hybridized carbons (Fsp3) is 0.500. The van der Waals surface area contributed by atoms with Crippen LogP contribution in [0.2, 0.25) is 0 Å². The van der Waals surface area contributed by atoms with Crippen LogP contribution in [0, 0.1) is 11.7 Å². The Bertz CT molecular complexity index is 357. The van der Waals surface area contributed by atoms with Gasteiger partial charge in [0, 0.05) is 0 Å². The summed E-state index contributed by atoms with van der Waals surface area (Å²) in [5, 5.41) is 0. The Hall–Kier alpha value is -1.05. The number of hydrogen-bond donors (Lipinski definition) is 0. The molecule has 1 aromatic carbocycles. The van der Waals surface area contributed by atoms with Crippen molar-refractivity contribution in [1.29, 1.82) is 0 Å². The van der Waals surface area contributed by atoms with E-state index in [0.29, 0.717) is 6.10 Å². The molecule has 0 amide bonds. The van der Waals surface area contributed by atoms with Gasteiger partial charge in [-0.2, -0.15) is 0 Å². The van der Waals surface area contributed by atoms with Gasteiger partial charge in [0.2, 0.25) is 0 Å². The third-order valence-electron chi connectivity index (χ3n) is 3.15. The molecule has 3 rings (SSSR count). The van der Waals surface area contributed by atoms with Crippen LogP contribution < -0.4 is 4.74 Å². The predicted octanol–water partition coefficient (Wildman–Crippen LogP) is 2.93. The zero-order valence-electron chi connectivity index (χ0n) is 8.00. The Kier molecular flexibility index (Phi) is 1.76. The van der Waals surface area contributed by atoms with Gasteiger partial charge < -0.3 is 4.74 Å². The van der Waals surface area contributed by atoms with Crippen molar-refractivity contribution in [3.63, 3.8) is 0 Å². The maximum atomic E-state index is 12.9. The average Bonchev–Trinajstić information content (AvgIpc) is 3.00. The largest absolute Gasteiger partial charge is 0.490 e. The van der Waals surface area contributed by atoms with Gasteiger partial charge in [-0.25, -0.2) is 4.39 Å². The highest BCUT2D eigenvalue weighted by molar-refractivity contribution is 5.36. The second-order valence-electron chi connectivity index (χ2n) is 4.28. The van der Waals surface area contributed by atoms with E-state index in [1.165, 1.54) is 18.9 Å². The lowest BCUT2D eigenvalue weighted by Gasteiger charge is -2.25. The van der Waals surface area contributed by atoms with Crippen LogP contribution in [0.25, 0.3) is 0 Å². The lowest BCUT2D eigenvalue weighted by molar-refractivity contribution is 0.151. The molecule has 0 spiro atoms. The number of rotatable bonds is 1. The van der Waals surface area contributed by atoms with Crippen LogP contribution in [0.3, 0.4) is 0 Å². The number of fused-ring (bicyclic) bond motifs is 1. The van der Waals surface area contributed by atoms with E-state index in [-0.39, 0.29) is 5.82 Å². The van der Waals surface area contributed by atoms with E-state index in [9.17, 15) is 4.39 Å². The molecule has 0 radical (unpaired) electrons. The summed E-state index contributed by atoms with van der Waals surface area (Å²) < 4.78 is 18.8. The summed E-state index contributed by atoms with van der Waals surface area (Å²) in [5.74, 6) is 1.51. The number of halogens is 1. The van der Waals surface area contributed by atoms with Crippen LogP contribution in [0.5, 0.6) is 5.75 Å². The molecule has 0 N–H and O–H groups in total. The van der Waals surface area contributed by atoms with Crippen molar-refractivity contribution >= 4 is 0 Å². The van der Waals surface area contributed by atoms with Gasteiger partial charge in [-0.1, -0.05) is 0 Å². The fourth-order valence-electron chi connectivity index (χ4n) is 2.18. The SMILES string of the molecule is Fc1ccc2c(c1)CC[C@H](C1CC1)O2. The van der Waals surface area contributed by atoms with E-state index in [4.69, 9.17) is 4.74 Å². The van der Waals surface area contributed by atoms with Gasteiger partial charge in [-0.15, -0.1) is 0 Å². The summed E-state index contributed by atoms with van der Waals surface area (Å²) in [5.41, 5.74) is 1.03. The van der Waals surface area contributed by atoms with E-state index < -0.39 is 0 Å². The molecule has 1 heterocycles. The highest BCUT2D eigenvalue weighted by atomic mass is 19.1. The van der Waals surface area contributed by atoms with E-state index in [1.54, 1.807) is 12.1 Å².